The summed E-state index contributed by atoms with van der Waals surface area (Å²) in [6.45, 7) is 17.4. The van der Waals surface area contributed by atoms with Gasteiger partial charge in [0.1, 0.15) is 0 Å². The van der Waals surface area contributed by atoms with E-state index in [1.54, 1.807) is 0 Å². The highest BCUT2D eigenvalue weighted by atomic mass is 15.3. The second kappa shape index (κ2) is 8.35. The van der Waals surface area contributed by atoms with Crippen LogP contribution in [0.3, 0.4) is 0 Å². The predicted molar refractivity (Wildman–Crippen MR) is 87.2 cm³/mol. The van der Waals surface area contributed by atoms with Crippen molar-refractivity contribution in [3.05, 3.63) is 0 Å². The van der Waals surface area contributed by atoms with Gasteiger partial charge in [0.15, 0.2) is 0 Å². The zero-order chi connectivity index (χ0) is 14.4. The summed E-state index contributed by atoms with van der Waals surface area (Å²) in [7, 11) is 0. The number of piperazine rings is 1. The Bertz CT molecular complexity index is 251. The number of piperidine rings is 1. The van der Waals surface area contributed by atoms with E-state index in [0.717, 1.165) is 12.0 Å². The van der Waals surface area contributed by atoms with Gasteiger partial charge in [-0.15, -0.1) is 0 Å². The van der Waals surface area contributed by atoms with Crippen LogP contribution in [-0.2, 0) is 0 Å². The van der Waals surface area contributed by atoms with Crippen molar-refractivity contribution in [2.24, 2.45) is 5.92 Å². The molecule has 2 aliphatic heterocycles. The molecule has 3 heteroatoms. The van der Waals surface area contributed by atoms with Crippen molar-refractivity contribution in [2.45, 2.75) is 52.5 Å². The van der Waals surface area contributed by atoms with Gasteiger partial charge in [0, 0.05) is 32.2 Å². The SMILES string of the molecule is CCCN1CCC(CCN2CCN(C(C)C)CC2)CC1. The van der Waals surface area contributed by atoms with Gasteiger partial charge in [-0.25, -0.2) is 0 Å². The van der Waals surface area contributed by atoms with Gasteiger partial charge in [-0.3, -0.25) is 4.90 Å². The molecule has 0 N–H and O–H groups in total. The molecule has 2 aliphatic rings. The lowest BCUT2D eigenvalue weighted by molar-refractivity contribution is 0.0977. The Morgan fingerprint density at radius 3 is 2.00 bits per heavy atom. The van der Waals surface area contributed by atoms with Gasteiger partial charge >= 0.3 is 0 Å². The molecule has 118 valence electrons. The van der Waals surface area contributed by atoms with Gasteiger partial charge < -0.3 is 9.80 Å². The van der Waals surface area contributed by atoms with E-state index in [0.29, 0.717) is 0 Å². The Balaban J connectivity index is 1.58. The molecule has 3 nitrogen and oxygen atoms in total. The normalized spacial score (nSPS) is 24.6. The van der Waals surface area contributed by atoms with Crippen LogP contribution >= 0.6 is 0 Å². The monoisotopic (exact) mass is 281 g/mol. The molecule has 0 aromatic rings. The average molecular weight is 281 g/mol. The first-order valence-electron chi connectivity index (χ1n) is 8.87. The highest BCUT2D eigenvalue weighted by molar-refractivity contribution is 4.77. The molecule has 20 heavy (non-hydrogen) atoms. The smallest absolute Gasteiger partial charge is 0.0113 e. The van der Waals surface area contributed by atoms with Crippen molar-refractivity contribution in [2.75, 3.05) is 52.4 Å². The van der Waals surface area contributed by atoms with Crippen LogP contribution in [-0.4, -0.2) is 73.1 Å². The third kappa shape index (κ3) is 5.01. The topological polar surface area (TPSA) is 9.72 Å². The van der Waals surface area contributed by atoms with Gasteiger partial charge in [-0.2, -0.15) is 0 Å². The van der Waals surface area contributed by atoms with E-state index in [1.165, 1.54) is 78.0 Å². The van der Waals surface area contributed by atoms with E-state index >= 15 is 0 Å². The lowest BCUT2D eigenvalue weighted by Crippen LogP contribution is -2.49. The van der Waals surface area contributed by atoms with Gasteiger partial charge in [-0.05, 0) is 71.6 Å². The largest absolute Gasteiger partial charge is 0.303 e. The zero-order valence-electron chi connectivity index (χ0n) is 14.0. The van der Waals surface area contributed by atoms with Crippen molar-refractivity contribution in [1.82, 2.24) is 14.7 Å². The van der Waals surface area contributed by atoms with Crippen LogP contribution in [0, 0.1) is 5.92 Å². The van der Waals surface area contributed by atoms with Gasteiger partial charge in [0.05, 0.1) is 0 Å². The third-order valence-corrected chi connectivity index (χ3v) is 5.24. The molecule has 0 atom stereocenters. The van der Waals surface area contributed by atoms with Crippen LogP contribution in [0.5, 0.6) is 0 Å². The maximum atomic E-state index is 2.69. The van der Waals surface area contributed by atoms with E-state index < -0.39 is 0 Å². The molecule has 0 aliphatic carbocycles. The molecule has 0 amide bonds. The number of rotatable bonds is 6. The van der Waals surface area contributed by atoms with E-state index in [4.69, 9.17) is 0 Å². The van der Waals surface area contributed by atoms with Crippen molar-refractivity contribution in [1.29, 1.82) is 0 Å². The Hall–Kier alpha value is -0.120. The predicted octanol–water partition coefficient (Wildman–Crippen LogP) is 2.52. The number of likely N-dealkylation sites (tertiary alicyclic amines) is 1. The summed E-state index contributed by atoms with van der Waals surface area (Å²) in [4.78, 5) is 7.95. The minimum Gasteiger partial charge on any atom is -0.303 e. The maximum Gasteiger partial charge on any atom is 0.0113 e. The number of hydrogen-bond donors (Lipinski definition) is 0. The second-order valence-electron chi connectivity index (χ2n) is 7.05. The second-order valence-corrected chi connectivity index (χ2v) is 7.05. The molecule has 0 aromatic heterocycles. The van der Waals surface area contributed by atoms with Crippen molar-refractivity contribution >= 4 is 0 Å². The van der Waals surface area contributed by atoms with Gasteiger partial charge in [-0.1, -0.05) is 6.92 Å². The van der Waals surface area contributed by atoms with Crippen LogP contribution in [0.15, 0.2) is 0 Å². The molecule has 0 aromatic carbocycles. The van der Waals surface area contributed by atoms with Crippen LogP contribution in [0.25, 0.3) is 0 Å². The van der Waals surface area contributed by atoms with Crippen molar-refractivity contribution < 1.29 is 0 Å². The molecule has 0 saturated carbocycles. The molecule has 0 bridgehead atoms. The Labute approximate surface area is 126 Å². The molecule has 2 heterocycles. The first-order chi connectivity index (χ1) is 9.69. The summed E-state index contributed by atoms with van der Waals surface area (Å²) < 4.78 is 0. The molecular weight excluding hydrogens is 246 g/mol. The molecule has 2 fully saturated rings. The zero-order valence-corrected chi connectivity index (χ0v) is 14.0. The van der Waals surface area contributed by atoms with E-state index in [9.17, 15) is 0 Å². The first kappa shape index (κ1) is 16.3. The summed E-state index contributed by atoms with van der Waals surface area (Å²) in [5.74, 6) is 0.992. The summed E-state index contributed by atoms with van der Waals surface area (Å²) in [6.07, 6.45) is 5.62. The fraction of sp³-hybridized carbons (Fsp3) is 1.00. The van der Waals surface area contributed by atoms with Crippen molar-refractivity contribution in [3.63, 3.8) is 0 Å². The van der Waals surface area contributed by atoms with E-state index in [-0.39, 0.29) is 0 Å². The minimum absolute atomic E-state index is 0.722. The van der Waals surface area contributed by atoms with Crippen molar-refractivity contribution in [3.8, 4) is 0 Å². The molecule has 0 unspecified atom stereocenters. The minimum atomic E-state index is 0.722. The molecule has 2 saturated heterocycles. The highest BCUT2D eigenvalue weighted by Gasteiger charge is 2.22. The summed E-state index contributed by atoms with van der Waals surface area (Å²) >= 11 is 0. The van der Waals surface area contributed by atoms with Crippen LogP contribution in [0.4, 0.5) is 0 Å². The molecular formula is C17H35N3. The summed E-state index contributed by atoms with van der Waals surface area (Å²) in [5.41, 5.74) is 0. The maximum absolute atomic E-state index is 2.69. The fourth-order valence-corrected chi connectivity index (χ4v) is 3.68. The Kier molecular flexibility index (Phi) is 6.79. The highest BCUT2D eigenvalue weighted by Crippen LogP contribution is 2.21. The van der Waals surface area contributed by atoms with Gasteiger partial charge in [0.25, 0.3) is 0 Å². The molecule has 2 rings (SSSR count). The average Bonchev–Trinajstić information content (AvgIpc) is 2.47. The van der Waals surface area contributed by atoms with E-state index in [2.05, 4.69) is 35.5 Å². The standard InChI is InChI=1S/C17H35N3/c1-4-8-18-9-5-17(6-10-18)7-11-19-12-14-20(15-13-19)16(2)3/h16-17H,4-15H2,1-3H3. The third-order valence-electron chi connectivity index (χ3n) is 5.24. The lowest BCUT2D eigenvalue weighted by atomic mass is 9.93. The van der Waals surface area contributed by atoms with Crippen LogP contribution < -0.4 is 0 Å². The molecule has 0 radical (unpaired) electrons. The fourth-order valence-electron chi connectivity index (χ4n) is 3.68. The Morgan fingerprint density at radius 1 is 0.850 bits per heavy atom. The molecule has 0 spiro atoms. The Morgan fingerprint density at radius 2 is 1.45 bits per heavy atom. The van der Waals surface area contributed by atoms with Gasteiger partial charge in [0.2, 0.25) is 0 Å². The summed E-state index contributed by atoms with van der Waals surface area (Å²) in [6, 6.07) is 0.722. The summed E-state index contributed by atoms with van der Waals surface area (Å²) in [5, 5.41) is 0. The number of nitrogens with zero attached hydrogens (tertiary/aromatic N) is 3. The first-order valence-corrected chi connectivity index (χ1v) is 8.87. The van der Waals surface area contributed by atoms with Crippen LogP contribution in [0.2, 0.25) is 0 Å². The quantitative estimate of drug-likeness (QED) is 0.741. The number of hydrogen-bond acceptors (Lipinski definition) is 3. The van der Waals surface area contributed by atoms with E-state index in [1.807, 2.05) is 0 Å². The lowest BCUT2D eigenvalue weighted by Gasteiger charge is -2.38. The van der Waals surface area contributed by atoms with Crippen LogP contribution in [0.1, 0.15) is 46.5 Å².